The maximum absolute atomic E-state index is 13.6. The number of halogens is 1. The standard InChI is InChI=1S/C17H14FN3O2/c1-11(16(22)20-15-9-5-3-7-13(15)18)21-10-19-14-8-4-2-6-12(14)17(21)23/h2-11H,1H3,(H,20,22)/t11-/m1/s1. The van der Waals surface area contributed by atoms with Gasteiger partial charge in [0.15, 0.2) is 0 Å². The van der Waals surface area contributed by atoms with Crippen molar-refractivity contribution in [3.63, 3.8) is 0 Å². The van der Waals surface area contributed by atoms with Crippen LogP contribution in [0.3, 0.4) is 0 Å². The number of nitrogens with zero attached hydrogens (tertiary/aromatic N) is 2. The Bertz CT molecular complexity index is 936. The van der Waals surface area contributed by atoms with Crippen molar-refractivity contribution in [3.05, 3.63) is 71.0 Å². The molecule has 0 radical (unpaired) electrons. The predicted octanol–water partition coefficient (Wildman–Crippen LogP) is 2.74. The van der Waals surface area contributed by atoms with Crippen molar-refractivity contribution in [1.82, 2.24) is 9.55 Å². The van der Waals surface area contributed by atoms with Crippen LogP contribution in [0.1, 0.15) is 13.0 Å². The number of anilines is 1. The number of rotatable bonds is 3. The van der Waals surface area contributed by atoms with E-state index in [0.717, 1.165) is 0 Å². The lowest BCUT2D eigenvalue weighted by Gasteiger charge is -2.15. The van der Waals surface area contributed by atoms with Crippen molar-refractivity contribution in [3.8, 4) is 0 Å². The van der Waals surface area contributed by atoms with Gasteiger partial charge >= 0.3 is 0 Å². The van der Waals surface area contributed by atoms with E-state index in [1.807, 2.05) is 0 Å². The second-order valence-corrected chi connectivity index (χ2v) is 5.12. The van der Waals surface area contributed by atoms with Gasteiger partial charge in [-0.25, -0.2) is 9.37 Å². The number of hydrogen-bond donors (Lipinski definition) is 1. The van der Waals surface area contributed by atoms with E-state index < -0.39 is 17.8 Å². The van der Waals surface area contributed by atoms with Crippen LogP contribution in [0.15, 0.2) is 59.7 Å². The molecule has 1 atom stereocenters. The first-order valence-corrected chi connectivity index (χ1v) is 7.09. The van der Waals surface area contributed by atoms with Crippen molar-refractivity contribution in [2.24, 2.45) is 0 Å². The summed E-state index contributed by atoms with van der Waals surface area (Å²) in [7, 11) is 0. The maximum atomic E-state index is 13.6. The van der Waals surface area contributed by atoms with Crippen LogP contribution < -0.4 is 10.9 Å². The number of nitrogens with one attached hydrogen (secondary N) is 1. The van der Waals surface area contributed by atoms with Crippen LogP contribution >= 0.6 is 0 Å². The fourth-order valence-electron chi connectivity index (χ4n) is 2.28. The molecule has 6 heteroatoms. The van der Waals surface area contributed by atoms with Crippen LogP contribution in [0.2, 0.25) is 0 Å². The van der Waals surface area contributed by atoms with Crippen molar-refractivity contribution in [1.29, 1.82) is 0 Å². The van der Waals surface area contributed by atoms with E-state index >= 15 is 0 Å². The lowest BCUT2D eigenvalue weighted by atomic mass is 10.2. The largest absolute Gasteiger partial charge is 0.322 e. The summed E-state index contributed by atoms with van der Waals surface area (Å²) in [5.74, 6) is -1.02. The Morgan fingerprint density at radius 2 is 1.87 bits per heavy atom. The number of para-hydroxylation sites is 2. The molecule has 1 aromatic heterocycles. The summed E-state index contributed by atoms with van der Waals surface area (Å²) in [5.41, 5.74) is 0.327. The van der Waals surface area contributed by atoms with Crippen LogP contribution in [0.5, 0.6) is 0 Å². The van der Waals surface area contributed by atoms with E-state index in [1.165, 1.54) is 29.1 Å². The number of benzene rings is 2. The third kappa shape index (κ3) is 2.83. The van der Waals surface area contributed by atoms with Crippen LogP contribution in [-0.2, 0) is 4.79 Å². The molecule has 5 nitrogen and oxygen atoms in total. The first-order valence-electron chi connectivity index (χ1n) is 7.09. The van der Waals surface area contributed by atoms with Crippen LogP contribution in [0, 0.1) is 5.82 Å². The lowest BCUT2D eigenvalue weighted by Crippen LogP contribution is -2.32. The number of carbonyl (C=O) groups excluding carboxylic acids is 1. The fourth-order valence-corrected chi connectivity index (χ4v) is 2.28. The average molecular weight is 311 g/mol. The highest BCUT2D eigenvalue weighted by Gasteiger charge is 2.18. The molecule has 23 heavy (non-hydrogen) atoms. The van der Waals surface area contributed by atoms with Gasteiger partial charge < -0.3 is 5.32 Å². The Balaban J connectivity index is 1.92. The second-order valence-electron chi connectivity index (χ2n) is 5.12. The van der Waals surface area contributed by atoms with Gasteiger partial charge in [-0.15, -0.1) is 0 Å². The summed E-state index contributed by atoms with van der Waals surface area (Å²) in [5, 5.41) is 2.91. The van der Waals surface area contributed by atoms with E-state index in [0.29, 0.717) is 10.9 Å². The number of aromatic nitrogens is 2. The van der Waals surface area contributed by atoms with Crippen molar-refractivity contribution in [2.45, 2.75) is 13.0 Å². The van der Waals surface area contributed by atoms with Gasteiger partial charge in [0, 0.05) is 0 Å². The quantitative estimate of drug-likeness (QED) is 0.809. The molecular formula is C17H14FN3O2. The Labute approximate surface area is 131 Å². The van der Waals surface area contributed by atoms with Gasteiger partial charge in [0.25, 0.3) is 5.56 Å². The van der Waals surface area contributed by atoms with Crippen molar-refractivity contribution >= 4 is 22.5 Å². The number of fused-ring (bicyclic) bond motifs is 1. The van der Waals surface area contributed by atoms with Gasteiger partial charge in [0.05, 0.1) is 22.9 Å². The minimum absolute atomic E-state index is 0.0751. The van der Waals surface area contributed by atoms with Gasteiger partial charge in [0.1, 0.15) is 11.9 Å². The van der Waals surface area contributed by atoms with Crippen LogP contribution in [0.4, 0.5) is 10.1 Å². The molecule has 0 saturated carbocycles. The zero-order valence-corrected chi connectivity index (χ0v) is 12.4. The van der Waals surface area contributed by atoms with E-state index in [1.54, 1.807) is 37.3 Å². The molecule has 0 spiro atoms. The van der Waals surface area contributed by atoms with E-state index in [-0.39, 0.29) is 11.2 Å². The average Bonchev–Trinajstić information content (AvgIpc) is 2.57. The first kappa shape index (κ1) is 14.9. The highest BCUT2D eigenvalue weighted by molar-refractivity contribution is 5.93. The summed E-state index contributed by atoms with van der Waals surface area (Å²) in [4.78, 5) is 28.9. The molecule has 2 aromatic carbocycles. The van der Waals surface area contributed by atoms with Gasteiger partial charge in [-0.3, -0.25) is 14.2 Å². The number of hydrogen-bond acceptors (Lipinski definition) is 3. The Hall–Kier alpha value is -3.02. The zero-order valence-electron chi connectivity index (χ0n) is 12.4. The molecule has 3 aromatic rings. The molecular weight excluding hydrogens is 297 g/mol. The van der Waals surface area contributed by atoms with Gasteiger partial charge in [0.2, 0.25) is 5.91 Å². The third-order valence-corrected chi connectivity index (χ3v) is 3.62. The summed E-state index contributed by atoms with van der Waals surface area (Å²) in [6, 6.07) is 11.9. The molecule has 0 bridgehead atoms. The molecule has 3 rings (SSSR count). The SMILES string of the molecule is C[C@H](C(=O)Nc1ccccc1F)n1cnc2ccccc2c1=O. The fraction of sp³-hybridized carbons (Fsp3) is 0.118. The molecule has 1 amide bonds. The molecule has 0 unspecified atom stereocenters. The van der Waals surface area contributed by atoms with Crippen LogP contribution in [-0.4, -0.2) is 15.5 Å². The smallest absolute Gasteiger partial charge is 0.261 e. The van der Waals surface area contributed by atoms with Crippen molar-refractivity contribution < 1.29 is 9.18 Å². The molecule has 1 N–H and O–H groups in total. The Morgan fingerprint density at radius 1 is 1.17 bits per heavy atom. The van der Waals surface area contributed by atoms with Crippen LogP contribution in [0.25, 0.3) is 10.9 Å². The molecule has 1 heterocycles. The summed E-state index contributed by atoms with van der Waals surface area (Å²) >= 11 is 0. The molecule has 0 aliphatic rings. The zero-order chi connectivity index (χ0) is 16.4. The molecule has 0 aliphatic heterocycles. The Kier molecular flexibility index (Phi) is 3.89. The van der Waals surface area contributed by atoms with Crippen molar-refractivity contribution in [2.75, 3.05) is 5.32 Å². The third-order valence-electron chi connectivity index (χ3n) is 3.62. The van der Waals surface area contributed by atoms with E-state index in [9.17, 15) is 14.0 Å². The van der Waals surface area contributed by atoms with Gasteiger partial charge in [-0.1, -0.05) is 24.3 Å². The summed E-state index contributed by atoms with van der Waals surface area (Å²) < 4.78 is 14.8. The lowest BCUT2D eigenvalue weighted by molar-refractivity contribution is -0.118. The maximum Gasteiger partial charge on any atom is 0.261 e. The minimum Gasteiger partial charge on any atom is -0.322 e. The topological polar surface area (TPSA) is 64.0 Å². The first-order chi connectivity index (χ1) is 11.1. The van der Waals surface area contributed by atoms with E-state index in [4.69, 9.17) is 0 Å². The normalized spacial score (nSPS) is 12.1. The number of carbonyl (C=O) groups is 1. The summed E-state index contributed by atoms with van der Waals surface area (Å²) in [6.07, 6.45) is 1.33. The minimum atomic E-state index is -0.820. The molecule has 0 fully saturated rings. The second kappa shape index (κ2) is 6.00. The highest BCUT2D eigenvalue weighted by Crippen LogP contribution is 2.15. The van der Waals surface area contributed by atoms with E-state index in [2.05, 4.69) is 10.3 Å². The number of amides is 1. The molecule has 116 valence electrons. The highest BCUT2D eigenvalue weighted by atomic mass is 19.1. The Morgan fingerprint density at radius 3 is 2.65 bits per heavy atom. The monoisotopic (exact) mass is 311 g/mol. The van der Waals surface area contributed by atoms with Gasteiger partial charge in [-0.05, 0) is 31.2 Å². The van der Waals surface area contributed by atoms with Gasteiger partial charge in [-0.2, -0.15) is 0 Å². The molecule has 0 aliphatic carbocycles. The predicted molar refractivity (Wildman–Crippen MR) is 85.7 cm³/mol. The molecule has 0 saturated heterocycles. The summed E-state index contributed by atoms with van der Waals surface area (Å²) in [6.45, 7) is 1.56.